The summed E-state index contributed by atoms with van der Waals surface area (Å²) < 4.78 is 99.3. The summed E-state index contributed by atoms with van der Waals surface area (Å²) in [6, 6.07) is 0. The quantitative estimate of drug-likeness (QED) is 0.361. The van der Waals surface area contributed by atoms with E-state index in [-0.39, 0.29) is 5.77 Å². The molecular formula is C6F4I2O4S3. The van der Waals surface area contributed by atoms with Crippen LogP contribution in [0.1, 0.15) is 0 Å². The molecule has 1 aromatic rings. The summed E-state index contributed by atoms with van der Waals surface area (Å²) in [7, 11) is -11.5. The van der Waals surface area contributed by atoms with Gasteiger partial charge in [-0.1, -0.05) is 0 Å². The summed E-state index contributed by atoms with van der Waals surface area (Å²) in [5, 5.41) is -11.4. The highest BCUT2D eigenvalue weighted by Gasteiger charge is 2.78. The van der Waals surface area contributed by atoms with Crippen LogP contribution in [0.3, 0.4) is 0 Å². The largest absolute Gasteiger partial charge is 0.426 e. The lowest BCUT2D eigenvalue weighted by molar-refractivity contribution is -0.0984. The van der Waals surface area contributed by atoms with Crippen molar-refractivity contribution in [3.05, 3.63) is 5.77 Å². The molecular weight excluding hydrogens is 562 g/mol. The van der Waals surface area contributed by atoms with Gasteiger partial charge in [0.05, 0.1) is 5.77 Å². The number of hydrogen-bond acceptors (Lipinski definition) is 5. The summed E-state index contributed by atoms with van der Waals surface area (Å²) in [5.41, 5.74) is 0. The SMILES string of the molecule is O=S1(=O)c2c(I)sc(I)c2S(=O)(=O)C(F)(F)C1(F)F. The van der Waals surface area contributed by atoms with E-state index in [1.165, 1.54) is 45.2 Å². The van der Waals surface area contributed by atoms with Crippen LogP contribution in [0.4, 0.5) is 17.6 Å². The van der Waals surface area contributed by atoms with Crippen molar-refractivity contribution >= 4 is 76.2 Å². The fourth-order valence-corrected chi connectivity index (χ4v) is 11.8. The molecule has 0 unspecified atom stereocenters. The molecule has 2 heterocycles. The molecule has 13 heteroatoms. The zero-order valence-corrected chi connectivity index (χ0v) is 14.9. The van der Waals surface area contributed by atoms with Crippen molar-refractivity contribution in [3.63, 3.8) is 0 Å². The number of fused-ring (bicyclic) bond motifs is 1. The highest BCUT2D eigenvalue weighted by atomic mass is 127. The van der Waals surface area contributed by atoms with Crippen LogP contribution in [0.25, 0.3) is 0 Å². The molecule has 0 spiro atoms. The van der Waals surface area contributed by atoms with Gasteiger partial charge in [0.2, 0.25) is 0 Å². The van der Waals surface area contributed by atoms with Crippen molar-refractivity contribution in [2.24, 2.45) is 0 Å². The first-order chi connectivity index (χ1) is 8.30. The van der Waals surface area contributed by atoms with Gasteiger partial charge in [-0.2, -0.15) is 17.6 Å². The second-order valence-corrected chi connectivity index (χ2v) is 11.8. The smallest absolute Gasteiger partial charge is 0.217 e. The average molecular weight is 562 g/mol. The zero-order chi connectivity index (χ0) is 15.0. The molecule has 0 aromatic carbocycles. The van der Waals surface area contributed by atoms with Gasteiger partial charge in [0, 0.05) is 0 Å². The lowest BCUT2D eigenvalue weighted by Gasteiger charge is -2.30. The number of rotatable bonds is 0. The van der Waals surface area contributed by atoms with E-state index in [9.17, 15) is 34.4 Å². The van der Waals surface area contributed by atoms with Crippen LogP contribution in [-0.4, -0.2) is 27.3 Å². The molecule has 108 valence electrons. The van der Waals surface area contributed by atoms with Crippen molar-refractivity contribution in [2.45, 2.75) is 20.3 Å². The first-order valence-electron chi connectivity index (χ1n) is 4.03. The Balaban J connectivity index is 3.14. The molecule has 0 atom stereocenters. The molecule has 1 aliphatic heterocycles. The fraction of sp³-hybridized carbons (Fsp3) is 0.333. The fourth-order valence-electron chi connectivity index (χ4n) is 1.37. The Bertz CT molecular complexity index is 715. The number of alkyl halides is 4. The van der Waals surface area contributed by atoms with Crippen LogP contribution < -0.4 is 0 Å². The van der Waals surface area contributed by atoms with Crippen LogP contribution in [0, 0.1) is 5.77 Å². The van der Waals surface area contributed by atoms with Gasteiger partial charge in [-0.15, -0.1) is 11.3 Å². The summed E-state index contributed by atoms with van der Waals surface area (Å²) in [6.07, 6.45) is 0. The Morgan fingerprint density at radius 2 is 1.05 bits per heavy atom. The second-order valence-electron chi connectivity index (χ2n) is 3.35. The van der Waals surface area contributed by atoms with Gasteiger partial charge >= 0.3 is 10.5 Å². The Morgan fingerprint density at radius 1 is 0.789 bits per heavy atom. The van der Waals surface area contributed by atoms with Crippen molar-refractivity contribution in [2.75, 3.05) is 0 Å². The van der Waals surface area contributed by atoms with E-state index in [4.69, 9.17) is 0 Å². The highest BCUT2D eigenvalue weighted by molar-refractivity contribution is 14.1. The van der Waals surface area contributed by atoms with E-state index in [1.54, 1.807) is 0 Å². The van der Waals surface area contributed by atoms with Gasteiger partial charge in [-0.3, -0.25) is 0 Å². The molecule has 0 radical (unpaired) electrons. The van der Waals surface area contributed by atoms with Crippen LogP contribution >= 0.6 is 56.5 Å². The average Bonchev–Trinajstić information content (AvgIpc) is 2.52. The van der Waals surface area contributed by atoms with Gasteiger partial charge in [-0.05, 0) is 45.2 Å². The number of hydrogen-bond donors (Lipinski definition) is 0. The van der Waals surface area contributed by atoms with Crippen LogP contribution in [0.5, 0.6) is 0 Å². The normalized spacial score (nSPS) is 25.8. The molecule has 0 N–H and O–H groups in total. The summed E-state index contributed by atoms with van der Waals surface area (Å²) in [4.78, 5) is -2.48. The molecule has 0 bridgehead atoms. The molecule has 4 nitrogen and oxygen atoms in total. The monoisotopic (exact) mass is 562 g/mol. The Hall–Kier alpha value is 0.780. The zero-order valence-electron chi connectivity index (χ0n) is 8.13. The molecule has 0 saturated heterocycles. The maximum atomic E-state index is 13.4. The van der Waals surface area contributed by atoms with E-state index < -0.39 is 40.0 Å². The molecule has 0 amide bonds. The third-order valence-corrected chi connectivity index (χ3v) is 10.5. The Labute approximate surface area is 135 Å². The van der Waals surface area contributed by atoms with Crippen LogP contribution in [0.2, 0.25) is 0 Å². The lowest BCUT2D eigenvalue weighted by Crippen LogP contribution is -2.55. The number of thiophene rings is 1. The van der Waals surface area contributed by atoms with Crippen molar-refractivity contribution in [1.29, 1.82) is 0 Å². The minimum atomic E-state index is -5.77. The van der Waals surface area contributed by atoms with Crippen LogP contribution in [0.15, 0.2) is 9.79 Å². The van der Waals surface area contributed by atoms with Crippen molar-refractivity contribution < 1.29 is 34.4 Å². The standard InChI is InChI=1S/C6F4I2O4S3/c7-5(8)6(9,10)19(15,16)2-1(18(5,13)14)3(11)17-4(2)12. The topological polar surface area (TPSA) is 68.3 Å². The lowest BCUT2D eigenvalue weighted by atomic mass is 10.6. The number of halogens is 6. The third-order valence-electron chi connectivity index (χ3n) is 2.29. The third kappa shape index (κ3) is 1.70. The predicted molar refractivity (Wildman–Crippen MR) is 74.0 cm³/mol. The molecule has 2 rings (SSSR count). The van der Waals surface area contributed by atoms with Gasteiger partial charge < -0.3 is 0 Å². The maximum absolute atomic E-state index is 13.4. The van der Waals surface area contributed by atoms with E-state index in [0.29, 0.717) is 11.3 Å². The first-order valence-corrected chi connectivity index (χ1v) is 9.97. The van der Waals surface area contributed by atoms with E-state index in [0.717, 1.165) is 0 Å². The molecule has 1 aliphatic rings. The minimum Gasteiger partial charge on any atom is -0.217 e. The van der Waals surface area contributed by atoms with Crippen molar-refractivity contribution in [3.8, 4) is 0 Å². The Morgan fingerprint density at radius 3 is 1.32 bits per heavy atom. The van der Waals surface area contributed by atoms with E-state index >= 15 is 0 Å². The van der Waals surface area contributed by atoms with Crippen molar-refractivity contribution in [1.82, 2.24) is 0 Å². The minimum absolute atomic E-state index is 0.296. The molecule has 0 saturated carbocycles. The molecule has 0 aliphatic carbocycles. The highest BCUT2D eigenvalue weighted by Crippen LogP contribution is 2.56. The molecule has 0 fully saturated rings. The first kappa shape index (κ1) is 16.2. The van der Waals surface area contributed by atoms with Gasteiger partial charge in [0.1, 0.15) is 9.79 Å². The molecule has 1 aromatic heterocycles. The van der Waals surface area contributed by atoms with E-state index in [1.807, 2.05) is 0 Å². The maximum Gasteiger partial charge on any atom is 0.426 e. The predicted octanol–water partition coefficient (Wildman–Crippen LogP) is 2.70. The summed E-state index contributed by atoms with van der Waals surface area (Å²) in [5.74, 6) is 0. The van der Waals surface area contributed by atoms with Gasteiger partial charge in [0.15, 0.2) is 0 Å². The van der Waals surface area contributed by atoms with Crippen LogP contribution in [-0.2, 0) is 19.7 Å². The summed E-state index contributed by atoms with van der Waals surface area (Å²) in [6.45, 7) is 0. The van der Waals surface area contributed by atoms with Gasteiger partial charge in [0.25, 0.3) is 19.7 Å². The van der Waals surface area contributed by atoms with E-state index in [2.05, 4.69) is 0 Å². The van der Waals surface area contributed by atoms with Gasteiger partial charge in [-0.25, -0.2) is 16.8 Å². The summed E-state index contributed by atoms with van der Waals surface area (Å²) >= 11 is 3.19. The number of sulfone groups is 2. The molecule has 19 heavy (non-hydrogen) atoms. The Kier molecular flexibility index (Phi) is 3.54. The second kappa shape index (κ2) is 4.16.